The van der Waals surface area contributed by atoms with Gasteiger partial charge in [0.2, 0.25) is 5.91 Å². The smallest absolute Gasteiger partial charge is 0.244 e. The molecule has 0 saturated carbocycles. The number of hydrogen-bond acceptors (Lipinski definition) is 7. The first-order chi connectivity index (χ1) is 18.2. The van der Waals surface area contributed by atoms with Crippen molar-refractivity contribution in [3.63, 3.8) is 0 Å². The van der Waals surface area contributed by atoms with E-state index in [0.29, 0.717) is 71.6 Å². The number of aromatic nitrogens is 2. The monoisotopic (exact) mass is 558 g/mol. The first-order valence-corrected chi connectivity index (χ1v) is 13.0. The molecule has 38 heavy (non-hydrogen) atoms. The van der Waals surface area contributed by atoms with Crippen molar-refractivity contribution in [3.05, 3.63) is 47.5 Å². The van der Waals surface area contributed by atoms with E-state index in [1.54, 1.807) is 25.1 Å². The predicted molar refractivity (Wildman–Crippen MR) is 150 cm³/mol. The van der Waals surface area contributed by atoms with E-state index in [0.717, 1.165) is 6.42 Å². The molecule has 2 aromatic carbocycles. The molecular weight excluding hydrogens is 531 g/mol. The number of thiocarbonyl (C=S) groups is 1. The minimum Gasteiger partial charge on any atom is -0.492 e. The SMILES string of the molecule is CCOc1cc2ncnc(Nc3ccc(F)c(Cl)c3)c2cc1NC(=O)CN1CCN(CCCC(C)=O)C1=S. The van der Waals surface area contributed by atoms with Gasteiger partial charge >= 0.3 is 0 Å². The van der Waals surface area contributed by atoms with E-state index in [9.17, 15) is 14.0 Å². The highest BCUT2D eigenvalue weighted by atomic mass is 35.5. The van der Waals surface area contributed by atoms with Crippen LogP contribution in [0.15, 0.2) is 36.7 Å². The summed E-state index contributed by atoms with van der Waals surface area (Å²) >= 11 is 11.5. The number of nitrogens with one attached hydrogen (secondary N) is 2. The van der Waals surface area contributed by atoms with Gasteiger partial charge in [0, 0.05) is 43.2 Å². The topological polar surface area (TPSA) is 99.7 Å². The van der Waals surface area contributed by atoms with Gasteiger partial charge in [-0.2, -0.15) is 0 Å². The van der Waals surface area contributed by atoms with Gasteiger partial charge in [-0.25, -0.2) is 14.4 Å². The first-order valence-electron chi connectivity index (χ1n) is 12.2. The molecular formula is C26H28ClFN6O3S. The fourth-order valence-corrected chi connectivity index (χ4v) is 4.65. The number of carbonyl (C=O) groups is 2. The summed E-state index contributed by atoms with van der Waals surface area (Å²) in [6.07, 6.45) is 2.64. The summed E-state index contributed by atoms with van der Waals surface area (Å²) in [5, 5.41) is 7.28. The van der Waals surface area contributed by atoms with Crippen LogP contribution in [0.25, 0.3) is 10.9 Å². The number of ether oxygens (including phenoxy) is 1. The number of anilines is 3. The standard InChI is InChI=1S/C26H28ClFN6O3S/c1-3-37-23-13-21-18(25(30-15-29-21)31-17-6-7-20(28)19(27)11-17)12-22(23)32-24(36)14-34-10-9-33(26(34)38)8-4-5-16(2)35/h6-7,11-13,15H,3-5,8-10,14H2,1-2H3,(H,32,36)(H,29,30,31). The number of Topliss-reactive ketones (excluding diaryl/α,β-unsaturated/α-hetero) is 1. The molecule has 12 heteroatoms. The van der Waals surface area contributed by atoms with Gasteiger partial charge < -0.3 is 30.0 Å². The second kappa shape index (κ2) is 12.3. The van der Waals surface area contributed by atoms with E-state index < -0.39 is 5.82 Å². The van der Waals surface area contributed by atoms with Crippen molar-refractivity contribution >= 4 is 68.7 Å². The van der Waals surface area contributed by atoms with Crippen molar-refractivity contribution in [2.24, 2.45) is 0 Å². The van der Waals surface area contributed by atoms with Crippen LogP contribution < -0.4 is 15.4 Å². The average Bonchev–Trinajstić information content (AvgIpc) is 3.21. The summed E-state index contributed by atoms with van der Waals surface area (Å²) in [7, 11) is 0. The molecule has 1 aliphatic heterocycles. The zero-order chi connectivity index (χ0) is 27.2. The lowest BCUT2D eigenvalue weighted by atomic mass is 10.1. The van der Waals surface area contributed by atoms with Crippen molar-refractivity contribution in [2.75, 3.05) is 43.4 Å². The molecule has 0 bridgehead atoms. The maximum absolute atomic E-state index is 13.6. The fraction of sp³-hybridized carbons (Fsp3) is 0.346. The third-order valence-corrected chi connectivity index (χ3v) is 6.77. The van der Waals surface area contributed by atoms with Crippen molar-refractivity contribution in [3.8, 4) is 5.75 Å². The van der Waals surface area contributed by atoms with Crippen LogP contribution in [-0.4, -0.2) is 69.4 Å². The van der Waals surface area contributed by atoms with E-state index in [-0.39, 0.29) is 23.3 Å². The lowest BCUT2D eigenvalue weighted by Gasteiger charge is -2.22. The van der Waals surface area contributed by atoms with E-state index in [1.165, 1.54) is 18.5 Å². The molecule has 2 N–H and O–H groups in total. The van der Waals surface area contributed by atoms with E-state index in [4.69, 9.17) is 28.6 Å². The summed E-state index contributed by atoms with van der Waals surface area (Å²) in [5.74, 6) is 0.301. The number of benzene rings is 2. The summed E-state index contributed by atoms with van der Waals surface area (Å²) in [6, 6.07) is 7.75. The Morgan fingerprint density at radius 2 is 1.97 bits per heavy atom. The highest BCUT2D eigenvalue weighted by Crippen LogP contribution is 2.34. The van der Waals surface area contributed by atoms with Crippen molar-refractivity contribution < 1.29 is 18.7 Å². The zero-order valence-electron chi connectivity index (χ0n) is 21.1. The summed E-state index contributed by atoms with van der Waals surface area (Å²) in [5.41, 5.74) is 1.60. The van der Waals surface area contributed by atoms with E-state index >= 15 is 0 Å². The van der Waals surface area contributed by atoms with E-state index in [1.807, 2.05) is 16.7 Å². The second-order valence-corrected chi connectivity index (χ2v) is 9.59. The molecule has 4 rings (SSSR count). The van der Waals surface area contributed by atoms with Gasteiger partial charge in [0.05, 0.1) is 29.4 Å². The van der Waals surface area contributed by atoms with Crippen LogP contribution in [0.3, 0.4) is 0 Å². The second-order valence-electron chi connectivity index (χ2n) is 8.82. The van der Waals surface area contributed by atoms with Gasteiger partial charge in [0.1, 0.15) is 29.5 Å². The largest absolute Gasteiger partial charge is 0.492 e. The number of amides is 1. The van der Waals surface area contributed by atoms with Gasteiger partial charge in [0.25, 0.3) is 0 Å². The maximum atomic E-state index is 13.6. The lowest BCUT2D eigenvalue weighted by molar-refractivity contribution is -0.117. The Hall–Kier alpha value is -3.57. The van der Waals surface area contributed by atoms with Crippen molar-refractivity contribution in [1.82, 2.24) is 19.8 Å². The normalized spacial score (nSPS) is 13.2. The van der Waals surface area contributed by atoms with Crippen LogP contribution in [0.5, 0.6) is 5.75 Å². The molecule has 200 valence electrons. The third-order valence-electron chi connectivity index (χ3n) is 5.97. The fourth-order valence-electron chi connectivity index (χ4n) is 4.14. The number of hydrogen-bond donors (Lipinski definition) is 2. The summed E-state index contributed by atoms with van der Waals surface area (Å²) < 4.78 is 19.4. The Bertz CT molecular complexity index is 1370. The van der Waals surface area contributed by atoms with Crippen LogP contribution in [-0.2, 0) is 9.59 Å². The Balaban J connectivity index is 1.51. The zero-order valence-corrected chi connectivity index (χ0v) is 22.7. The quantitative estimate of drug-likeness (QED) is 0.322. The van der Waals surface area contributed by atoms with Crippen LogP contribution in [0, 0.1) is 5.82 Å². The molecule has 0 atom stereocenters. The number of rotatable bonds is 11. The molecule has 2 heterocycles. The molecule has 0 aliphatic carbocycles. The Kier molecular flexibility index (Phi) is 8.90. The number of nitrogens with zero attached hydrogens (tertiary/aromatic N) is 4. The minimum atomic E-state index is -0.521. The lowest BCUT2D eigenvalue weighted by Crippen LogP contribution is -2.37. The number of fused-ring (bicyclic) bond motifs is 1. The molecule has 1 aromatic heterocycles. The average molecular weight is 559 g/mol. The summed E-state index contributed by atoms with van der Waals surface area (Å²) in [6.45, 7) is 5.93. The van der Waals surface area contributed by atoms with Crippen LogP contribution in [0.1, 0.15) is 26.7 Å². The van der Waals surface area contributed by atoms with Gasteiger partial charge in [0.15, 0.2) is 5.11 Å². The molecule has 3 aromatic rings. The first kappa shape index (κ1) is 27.5. The molecule has 1 aliphatic rings. The Morgan fingerprint density at radius 1 is 1.18 bits per heavy atom. The van der Waals surface area contributed by atoms with Crippen LogP contribution in [0.2, 0.25) is 5.02 Å². The summed E-state index contributed by atoms with van der Waals surface area (Å²) in [4.78, 5) is 36.8. The Morgan fingerprint density at radius 3 is 2.71 bits per heavy atom. The van der Waals surface area contributed by atoms with Gasteiger partial charge in [-0.15, -0.1) is 0 Å². The van der Waals surface area contributed by atoms with Gasteiger partial charge in [-0.3, -0.25) is 4.79 Å². The number of ketones is 1. The molecule has 0 spiro atoms. The molecule has 0 radical (unpaired) electrons. The van der Waals surface area contributed by atoms with Crippen LogP contribution in [0.4, 0.5) is 21.6 Å². The van der Waals surface area contributed by atoms with Crippen LogP contribution >= 0.6 is 23.8 Å². The number of carbonyl (C=O) groups excluding carboxylic acids is 2. The van der Waals surface area contributed by atoms with Gasteiger partial charge in [-0.1, -0.05) is 11.6 Å². The maximum Gasteiger partial charge on any atom is 0.244 e. The molecule has 1 fully saturated rings. The highest BCUT2D eigenvalue weighted by molar-refractivity contribution is 7.80. The van der Waals surface area contributed by atoms with Gasteiger partial charge in [-0.05, 0) is 56.8 Å². The molecule has 0 unspecified atom stereocenters. The molecule has 1 amide bonds. The predicted octanol–water partition coefficient (Wildman–Crippen LogP) is 4.77. The van der Waals surface area contributed by atoms with Crippen molar-refractivity contribution in [2.45, 2.75) is 26.7 Å². The molecule has 9 nitrogen and oxygen atoms in total. The highest BCUT2D eigenvalue weighted by Gasteiger charge is 2.26. The van der Waals surface area contributed by atoms with E-state index in [2.05, 4.69) is 20.6 Å². The minimum absolute atomic E-state index is 0.0165. The molecule has 1 saturated heterocycles. The number of halogens is 2. The third kappa shape index (κ3) is 6.65. The van der Waals surface area contributed by atoms with Crippen molar-refractivity contribution in [1.29, 1.82) is 0 Å². The Labute approximate surface area is 230 Å².